The third-order valence-corrected chi connectivity index (χ3v) is 3.13. The van der Waals surface area contributed by atoms with Crippen LogP contribution in [-0.4, -0.2) is 54.7 Å². The van der Waals surface area contributed by atoms with E-state index in [1.54, 1.807) is 0 Å². The lowest BCUT2D eigenvalue weighted by Crippen LogP contribution is -2.45. The zero-order chi connectivity index (χ0) is 11.6. The smallest absolute Gasteiger partial charge is 0.114 e. The van der Waals surface area contributed by atoms with Crippen LogP contribution in [0, 0.1) is 0 Å². The maximum Gasteiger partial charge on any atom is 0.114 e. The molecule has 1 saturated heterocycles. The van der Waals surface area contributed by atoms with Crippen molar-refractivity contribution in [3.8, 4) is 0 Å². The summed E-state index contributed by atoms with van der Waals surface area (Å²) in [5.41, 5.74) is 0.0951. The number of halogens is 1. The number of alkyl halides is 1. The summed E-state index contributed by atoms with van der Waals surface area (Å²) in [6, 6.07) is 0.419. The molecule has 90 valence electrons. The minimum Gasteiger partial charge on any atom is -0.309 e. The molecule has 0 bridgehead atoms. The molecule has 2 nitrogen and oxygen atoms in total. The number of nitrogens with zero attached hydrogens (tertiary/aromatic N) is 2. The molecule has 1 aliphatic rings. The van der Waals surface area contributed by atoms with Crippen LogP contribution in [0.15, 0.2) is 0 Å². The molecule has 0 amide bonds. The van der Waals surface area contributed by atoms with E-state index in [1.807, 2.05) is 0 Å². The Balaban J connectivity index is 2.53. The van der Waals surface area contributed by atoms with Crippen molar-refractivity contribution in [1.29, 1.82) is 0 Å². The number of hydrogen-bond acceptors (Lipinski definition) is 2. The number of likely N-dealkylation sites (tertiary alicyclic amines) is 1. The molecule has 1 heterocycles. The molecule has 0 aromatic carbocycles. The second-order valence-corrected chi connectivity index (χ2v) is 5.90. The fourth-order valence-corrected chi connectivity index (χ4v) is 2.36. The summed E-state index contributed by atoms with van der Waals surface area (Å²) < 4.78 is 13.4. The highest BCUT2D eigenvalue weighted by molar-refractivity contribution is 4.92. The summed E-state index contributed by atoms with van der Waals surface area (Å²) >= 11 is 0. The Morgan fingerprint density at radius 2 is 1.93 bits per heavy atom. The average molecular weight is 216 g/mol. The normalized spacial score (nSPS) is 29.0. The zero-order valence-corrected chi connectivity index (χ0v) is 10.8. The fourth-order valence-electron chi connectivity index (χ4n) is 2.36. The Labute approximate surface area is 93.4 Å². The van der Waals surface area contributed by atoms with Gasteiger partial charge in [-0.2, -0.15) is 0 Å². The van der Waals surface area contributed by atoms with Gasteiger partial charge in [0, 0.05) is 18.1 Å². The molecule has 0 aromatic rings. The Morgan fingerprint density at radius 1 is 1.33 bits per heavy atom. The largest absolute Gasteiger partial charge is 0.309 e. The van der Waals surface area contributed by atoms with Crippen LogP contribution >= 0.6 is 0 Å². The Hall–Kier alpha value is -0.150. The maximum atomic E-state index is 13.4. The van der Waals surface area contributed by atoms with Crippen LogP contribution in [0.4, 0.5) is 4.39 Å². The van der Waals surface area contributed by atoms with E-state index < -0.39 is 6.17 Å². The molecule has 0 N–H and O–H groups in total. The van der Waals surface area contributed by atoms with Crippen molar-refractivity contribution < 1.29 is 4.39 Å². The van der Waals surface area contributed by atoms with Gasteiger partial charge in [-0.1, -0.05) is 0 Å². The molecule has 0 saturated carbocycles. The summed E-state index contributed by atoms with van der Waals surface area (Å²) in [6.45, 7) is 8.18. The Bertz CT molecular complexity index is 198. The van der Waals surface area contributed by atoms with E-state index in [2.05, 4.69) is 44.7 Å². The molecule has 0 unspecified atom stereocenters. The van der Waals surface area contributed by atoms with Crippen LogP contribution in [0.5, 0.6) is 0 Å². The summed E-state index contributed by atoms with van der Waals surface area (Å²) in [5, 5.41) is 0. The van der Waals surface area contributed by atoms with Gasteiger partial charge in [-0.05, 0) is 54.3 Å². The molecular weight excluding hydrogens is 191 g/mol. The van der Waals surface area contributed by atoms with Crippen molar-refractivity contribution in [1.82, 2.24) is 9.80 Å². The standard InChI is InChI=1S/C12H25FN2/c1-12(2,3)15-9-10(13)8-11(15)6-7-14(4)5/h10-11H,6-9H2,1-5H3/t10-,11+/m1/s1. The first kappa shape index (κ1) is 12.9. The molecule has 0 radical (unpaired) electrons. The molecule has 0 aliphatic carbocycles. The monoisotopic (exact) mass is 216 g/mol. The van der Waals surface area contributed by atoms with Gasteiger partial charge in [-0.3, -0.25) is 4.90 Å². The molecule has 0 spiro atoms. The van der Waals surface area contributed by atoms with Crippen LogP contribution < -0.4 is 0 Å². The molecule has 0 aromatic heterocycles. The number of hydrogen-bond donors (Lipinski definition) is 0. The van der Waals surface area contributed by atoms with Crippen molar-refractivity contribution >= 4 is 0 Å². The number of rotatable bonds is 3. The molecule has 1 fully saturated rings. The molecular formula is C12H25FN2. The predicted octanol–water partition coefficient (Wildman–Crippen LogP) is 2.15. The van der Waals surface area contributed by atoms with Gasteiger partial charge in [0.1, 0.15) is 6.17 Å². The van der Waals surface area contributed by atoms with Crippen LogP contribution in [0.2, 0.25) is 0 Å². The SMILES string of the molecule is CN(C)CC[C@H]1C[C@@H](F)CN1C(C)(C)C. The van der Waals surface area contributed by atoms with Gasteiger partial charge in [0.05, 0.1) is 0 Å². The second-order valence-electron chi connectivity index (χ2n) is 5.90. The van der Waals surface area contributed by atoms with Gasteiger partial charge in [-0.25, -0.2) is 4.39 Å². The highest BCUT2D eigenvalue weighted by atomic mass is 19.1. The van der Waals surface area contributed by atoms with Gasteiger partial charge in [0.25, 0.3) is 0 Å². The van der Waals surface area contributed by atoms with Crippen LogP contribution in [-0.2, 0) is 0 Å². The molecule has 2 atom stereocenters. The fraction of sp³-hybridized carbons (Fsp3) is 1.00. The maximum absolute atomic E-state index is 13.4. The van der Waals surface area contributed by atoms with Gasteiger partial charge in [0.15, 0.2) is 0 Å². The second kappa shape index (κ2) is 4.79. The highest BCUT2D eigenvalue weighted by Crippen LogP contribution is 2.29. The highest BCUT2D eigenvalue weighted by Gasteiger charge is 2.37. The summed E-state index contributed by atoms with van der Waals surface area (Å²) in [5.74, 6) is 0. The zero-order valence-electron chi connectivity index (χ0n) is 10.8. The van der Waals surface area contributed by atoms with Gasteiger partial charge in [-0.15, -0.1) is 0 Å². The lowest BCUT2D eigenvalue weighted by Gasteiger charge is -2.37. The topological polar surface area (TPSA) is 6.48 Å². The molecule has 3 heteroatoms. The Morgan fingerprint density at radius 3 is 2.40 bits per heavy atom. The van der Waals surface area contributed by atoms with Crippen molar-refractivity contribution in [2.45, 2.75) is 51.4 Å². The summed E-state index contributed by atoms with van der Waals surface area (Å²) in [4.78, 5) is 4.49. The van der Waals surface area contributed by atoms with Crippen molar-refractivity contribution in [3.05, 3.63) is 0 Å². The van der Waals surface area contributed by atoms with Crippen molar-refractivity contribution in [3.63, 3.8) is 0 Å². The van der Waals surface area contributed by atoms with E-state index in [9.17, 15) is 4.39 Å². The summed E-state index contributed by atoms with van der Waals surface area (Å²) in [7, 11) is 4.15. The minimum absolute atomic E-state index is 0.0951. The third-order valence-electron chi connectivity index (χ3n) is 3.13. The van der Waals surface area contributed by atoms with Crippen LogP contribution in [0.25, 0.3) is 0 Å². The van der Waals surface area contributed by atoms with Crippen molar-refractivity contribution in [2.24, 2.45) is 0 Å². The molecule has 1 aliphatic heterocycles. The van der Waals surface area contributed by atoms with Crippen LogP contribution in [0.3, 0.4) is 0 Å². The van der Waals surface area contributed by atoms with E-state index >= 15 is 0 Å². The predicted molar refractivity (Wildman–Crippen MR) is 62.9 cm³/mol. The van der Waals surface area contributed by atoms with E-state index in [4.69, 9.17) is 0 Å². The van der Waals surface area contributed by atoms with E-state index in [-0.39, 0.29) is 5.54 Å². The van der Waals surface area contributed by atoms with Crippen LogP contribution in [0.1, 0.15) is 33.6 Å². The summed E-state index contributed by atoms with van der Waals surface area (Å²) in [6.07, 6.45) is 1.16. The Kier molecular flexibility index (Phi) is 4.13. The molecule has 1 rings (SSSR count). The van der Waals surface area contributed by atoms with Gasteiger partial charge in [0.2, 0.25) is 0 Å². The van der Waals surface area contributed by atoms with E-state index in [0.717, 1.165) is 13.0 Å². The first-order valence-electron chi connectivity index (χ1n) is 5.86. The van der Waals surface area contributed by atoms with E-state index in [0.29, 0.717) is 19.0 Å². The first-order valence-corrected chi connectivity index (χ1v) is 5.86. The minimum atomic E-state index is -0.628. The third kappa shape index (κ3) is 3.72. The van der Waals surface area contributed by atoms with Gasteiger partial charge < -0.3 is 4.90 Å². The van der Waals surface area contributed by atoms with Crippen molar-refractivity contribution in [2.75, 3.05) is 27.2 Å². The molecule has 15 heavy (non-hydrogen) atoms. The first-order chi connectivity index (χ1) is 6.80. The van der Waals surface area contributed by atoms with Gasteiger partial charge >= 0.3 is 0 Å². The van der Waals surface area contributed by atoms with E-state index in [1.165, 1.54) is 0 Å². The quantitative estimate of drug-likeness (QED) is 0.713. The average Bonchev–Trinajstić information content (AvgIpc) is 2.42. The lowest BCUT2D eigenvalue weighted by molar-refractivity contribution is 0.107. The lowest BCUT2D eigenvalue weighted by atomic mass is 10.0.